The van der Waals surface area contributed by atoms with Gasteiger partial charge in [-0.05, 0) is 30.9 Å². The second kappa shape index (κ2) is 3.98. The van der Waals surface area contributed by atoms with Crippen LogP contribution in [0.15, 0.2) is 23.8 Å². The molecule has 2 aromatic rings. The van der Waals surface area contributed by atoms with Gasteiger partial charge < -0.3 is 4.57 Å². The molecule has 0 N–H and O–H groups in total. The van der Waals surface area contributed by atoms with E-state index in [4.69, 9.17) is 0 Å². The lowest BCUT2D eigenvalue weighted by atomic mass is 10.2. The van der Waals surface area contributed by atoms with Gasteiger partial charge in [-0.3, -0.25) is 4.79 Å². The van der Waals surface area contributed by atoms with Crippen LogP contribution in [0.1, 0.15) is 28.0 Å². The highest BCUT2D eigenvalue weighted by atomic mass is 32.1. The van der Waals surface area contributed by atoms with Crippen molar-refractivity contribution in [1.29, 1.82) is 0 Å². The maximum Gasteiger partial charge on any atom is 0.238 e. The van der Waals surface area contributed by atoms with E-state index >= 15 is 0 Å². The highest BCUT2D eigenvalue weighted by molar-refractivity contribution is 7.12. The van der Waals surface area contributed by atoms with E-state index in [2.05, 4.69) is 4.98 Å². The van der Waals surface area contributed by atoms with Crippen LogP contribution in [0.4, 0.5) is 0 Å². The smallest absolute Gasteiger partial charge is 0.238 e. The molecule has 0 saturated carbocycles. The Bertz CT molecular complexity index is 484. The molecule has 4 heteroatoms. The van der Waals surface area contributed by atoms with E-state index < -0.39 is 0 Å². The summed E-state index contributed by atoms with van der Waals surface area (Å²) in [5, 5.41) is 1.93. The summed E-state index contributed by atoms with van der Waals surface area (Å²) in [5.74, 6) is 0.553. The third kappa shape index (κ3) is 1.72. The predicted octanol–water partition coefficient (Wildman–Crippen LogP) is 2.50. The van der Waals surface area contributed by atoms with Crippen LogP contribution in [-0.2, 0) is 6.54 Å². The number of imidazole rings is 1. The van der Waals surface area contributed by atoms with Crippen molar-refractivity contribution in [2.75, 3.05) is 0 Å². The molecule has 0 aliphatic carbocycles. The Morgan fingerprint density at radius 1 is 1.60 bits per heavy atom. The third-order valence-corrected chi connectivity index (χ3v) is 3.34. The van der Waals surface area contributed by atoms with Gasteiger partial charge in [-0.15, -0.1) is 11.3 Å². The first-order valence-electron chi connectivity index (χ1n) is 4.84. The van der Waals surface area contributed by atoms with E-state index in [0.717, 1.165) is 17.0 Å². The van der Waals surface area contributed by atoms with Crippen LogP contribution in [0.25, 0.3) is 0 Å². The van der Waals surface area contributed by atoms with Gasteiger partial charge in [0.15, 0.2) is 5.82 Å². The molecule has 0 atom stereocenters. The average Bonchev–Trinajstić information content (AvgIpc) is 2.84. The monoisotopic (exact) mass is 220 g/mol. The summed E-state index contributed by atoms with van der Waals surface area (Å²) in [6, 6.07) is 1.96. The van der Waals surface area contributed by atoms with Crippen LogP contribution in [0.5, 0.6) is 0 Å². The molecule has 0 saturated heterocycles. The Kier molecular flexibility index (Phi) is 2.68. The average molecular weight is 220 g/mol. The molecule has 0 amide bonds. The summed E-state index contributed by atoms with van der Waals surface area (Å²) in [7, 11) is 0. The lowest BCUT2D eigenvalue weighted by molar-refractivity contribution is 0.102. The molecule has 0 fully saturated rings. The lowest BCUT2D eigenvalue weighted by Crippen LogP contribution is -2.09. The first-order chi connectivity index (χ1) is 7.24. The predicted molar refractivity (Wildman–Crippen MR) is 60.4 cm³/mol. The van der Waals surface area contributed by atoms with Gasteiger partial charge in [0, 0.05) is 18.9 Å². The van der Waals surface area contributed by atoms with Crippen LogP contribution < -0.4 is 0 Å². The van der Waals surface area contributed by atoms with Crippen molar-refractivity contribution in [3.05, 3.63) is 40.1 Å². The fourth-order valence-corrected chi connectivity index (χ4v) is 2.34. The number of carbonyl (C=O) groups excluding carboxylic acids is 1. The van der Waals surface area contributed by atoms with Crippen molar-refractivity contribution in [3.63, 3.8) is 0 Å². The van der Waals surface area contributed by atoms with Gasteiger partial charge in [-0.1, -0.05) is 0 Å². The zero-order valence-corrected chi connectivity index (χ0v) is 9.54. The van der Waals surface area contributed by atoms with Gasteiger partial charge in [0.2, 0.25) is 5.78 Å². The number of nitrogens with zero attached hydrogens (tertiary/aromatic N) is 2. The maximum atomic E-state index is 12.1. The van der Waals surface area contributed by atoms with Crippen LogP contribution in [0.3, 0.4) is 0 Å². The van der Waals surface area contributed by atoms with Crippen LogP contribution >= 0.6 is 11.3 Å². The Balaban J connectivity index is 2.41. The summed E-state index contributed by atoms with van der Waals surface area (Å²) in [4.78, 5) is 17.0. The molecule has 2 rings (SSSR count). The number of hydrogen-bond acceptors (Lipinski definition) is 3. The molecule has 2 aromatic heterocycles. The molecule has 0 aliphatic rings. The van der Waals surface area contributed by atoms with Crippen molar-refractivity contribution in [2.45, 2.75) is 20.4 Å². The van der Waals surface area contributed by atoms with Crippen molar-refractivity contribution < 1.29 is 4.79 Å². The second-order valence-electron chi connectivity index (χ2n) is 3.30. The topological polar surface area (TPSA) is 34.9 Å². The molecule has 78 valence electrons. The number of rotatable bonds is 3. The van der Waals surface area contributed by atoms with Gasteiger partial charge >= 0.3 is 0 Å². The minimum Gasteiger partial charge on any atom is -0.328 e. The summed E-state index contributed by atoms with van der Waals surface area (Å²) < 4.78 is 1.86. The van der Waals surface area contributed by atoms with Gasteiger partial charge in [-0.2, -0.15) is 0 Å². The first kappa shape index (κ1) is 10.1. The van der Waals surface area contributed by atoms with Gasteiger partial charge in [0.25, 0.3) is 0 Å². The molecular formula is C11H12N2OS. The normalized spacial score (nSPS) is 10.5. The summed E-state index contributed by atoms with van der Waals surface area (Å²) in [5.41, 5.74) is 1.02. The number of aromatic nitrogens is 2. The molecule has 3 nitrogen and oxygen atoms in total. The highest BCUT2D eigenvalue weighted by Gasteiger charge is 2.17. The van der Waals surface area contributed by atoms with E-state index in [1.807, 2.05) is 36.1 Å². The second-order valence-corrected chi connectivity index (χ2v) is 4.21. The van der Waals surface area contributed by atoms with Crippen LogP contribution in [-0.4, -0.2) is 15.3 Å². The van der Waals surface area contributed by atoms with Crippen molar-refractivity contribution in [3.8, 4) is 0 Å². The van der Waals surface area contributed by atoms with Crippen molar-refractivity contribution in [2.24, 2.45) is 0 Å². The standard InChI is InChI=1S/C11H12N2OS/c1-3-13-6-5-12-11(13)9(14)10-8(2)4-7-15-10/h4-7H,3H2,1-2H3. The van der Waals surface area contributed by atoms with E-state index in [9.17, 15) is 4.79 Å². The highest BCUT2D eigenvalue weighted by Crippen LogP contribution is 2.19. The first-order valence-corrected chi connectivity index (χ1v) is 5.72. The quantitative estimate of drug-likeness (QED) is 0.745. The Labute approximate surface area is 92.4 Å². The minimum absolute atomic E-state index is 0.0225. The van der Waals surface area contributed by atoms with Crippen molar-refractivity contribution >= 4 is 17.1 Å². The Hall–Kier alpha value is -1.42. The van der Waals surface area contributed by atoms with E-state index in [1.165, 1.54) is 11.3 Å². The molecule has 0 spiro atoms. The van der Waals surface area contributed by atoms with Gasteiger partial charge in [0.05, 0.1) is 4.88 Å². The van der Waals surface area contributed by atoms with E-state index in [-0.39, 0.29) is 5.78 Å². The van der Waals surface area contributed by atoms with Crippen molar-refractivity contribution in [1.82, 2.24) is 9.55 Å². The zero-order valence-electron chi connectivity index (χ0n) is 8.73. The van der Waals surface area contributed by atoms with E-state index in [0.29, 0.717) is 5.82 Å². The van der Waals surface area contributed by atoms with Gasteiger partial charge in [0.1, 0.15) is 0 Å². The Morgan fingerprint density at radius 2 is 2.40 bits per heavy atom. The lowest BCUT2D eigenvalue weighted by Gasteiger charge is -2.02. The number of aryl methyl sites for hydroxylation is 2. The molecular weight excluding hydrogens is 208 g/mol. The van der Waals surface area contributed by atoms with E-state index in [1.54, 1.807) is 6.20 Å². The number of thiophene rings is 1. The number of carbonyl (C=O) groups is 1. The third-order valence-electron chi connectivity index (χ3n) is 2.33. The summed E-state index contributed by atoms with van der Waals surface area (Å²) >= 11 is 1.47. The molecule has 15 heavy (non-hydrogen) atoms. The maximum absolute atomic E-state index is 12.1. The fourth-order valence-electron chi connectivity index (χ4n) is 1.48. The molecule has 0 aromatic carbocycles. The molecule has 2 heterocycles. The molecule has 0 radical (unpaired) electrons. The zero-order chi connectivity index (χ0) is 10.8. The molecule has 0 unspecified atom stereocenters. The molecule has 0 bridgehead atoms. The largest absolute Gasteiger partial charge is 0.328 e. The van der Waals surface area contributed by atoms with Gasteiger partial charge in [-0.25, -0.2) is 4.98 Å². The SMILES string of the molecule is CCn1ccnc1C(=O)c1sccc1C. The minimum atomic E-state index is 0.0225. The molecule has 0 aliphatic heterocycles. The number of hydrogen-bond donors (Lipinski definition) is 0. The fraction of sp³-hybridized carbons (Fsp3) is 0.273. The Morgan fingerprint density at radius 3 is 3.00 bits per heavy atom. The summed E-state index contributed by atoms with van der Waals surface area (Å²) in [6.07, 6.45) is 3.50. The van der Waals surface area contributed by atoms with Crippen LogP contribution in [0, 0.1) is 6.92 Å². The number of ketones is 1. The summed E-state index contributed by atoms with van der Waals surface area (Å²) in [6.45, 7) is 4.72. The van der Waals surface area contributed by atoms with Crippen LogP contribution in [0.2, 0.25) is 0 Å².